The van der Waals surface area contributed by atoms with Gasteiger partial charge in [-0.05, 0) is 35.7 Å². The van der Waals surface area contributed by atoms with Gasteiger partial charge < -0.3 is 9.64 Å². The van der Waals surface area contributed by atoms with Crippen molar-refractivity contribution in [1.82, 2.24) is 9.88 Å². The summed E-state index contributed by atoms with van der Waals surface area (Å²) in [5, 5.41) is 0. The fourth-order valence-electron chi connectivity index (χ4n) is 2.75. The molecule has 0 aliphatic rings. The first-order valence-corrected chi connectivity index (χ1v) is 9.21. The number of amides is 1. The molecule has 0 bridgehead atoms. The van der Waals surface area contributed by atoms with Gasteiger partial charge in [-0.25, -0.2) is 4.39 Å². The lowest BCUT2D eigenvalue weighted by molar-refractivity contribution is -0.136. The Bertz CT molecular complexity index is 747. The average molecular weight is 423 g/mol. The van der Waals surface area contributed by atoms with E-state index >= 15 is 0 Å². The molecule has 1 aromatic carbocycles. The van der Waals surface area contributed by atoms with Crippen LogP contribution in [0.3, 0.4) is 0 Å². The molecule has 0 radical (unpaired) electrons. The third-order valence-corrected chi connectivity index (χ3v) is 4.73. The Balaban J connectivity index is 2.07. The van der Waals surface area contributed by atoms with E-state index in [1.165, 1.54) is 12.1 Å². The molecule has 0 aliphatic heterocycles. The van der Waals surface area contributed by atoms with Gasteiger partial charge in [-0.3, -0.25) is 9.78 Å². The summed E-state index contributed by atoms with van der Waals surface area (Å²) in [4.78, 5) is 18.7. The van der Waals surface area contributed by atoms with Gasteiger partial charge in [-0.2, -0.15) is 0 Å². The Morgan fingerprint density at radius 2 is 2.04 bits per heavy atom. The van der Waals surface area contributed by atoms with E-state index in [2.05, 4.69) is 41.7 Å². The molecule has 4 nitrogen and oxygen atoms in total. The third-order valence-electron chi connectivity index (χ3n) is 4.23. The van der Waals surface area contributed by atoms with Crippen molar-refractivity contribution in [1.29, 1.82) is 0 Å². The molecule has 0 aliphatic carbocycles. The number of carbonyl (C=O) groups is 1. The molecule has 140 valence electrons. The number of benzene rings is 1. The highest BCUT2D eigenvalue weighted by Crippen LogP contribution is 2.27. The van der Waals surface area contributed by atoms with Gasteiger partial charge in [-0.15, -0.1) is 0 Å². The number of likely N-dealkylation sites (N-methyl/N-ethyl adjacent to an activating group) is 1. The van der Waals surface area contributed by atoms with Crippen molar-refractivity contribution in [3.05, 3.63) is 58.6 Å². The molecule has 2 aromatic rings. The highest BCUT2D eigenvalue weighted by atomic mass is 79.9. The number of nitrogens with zero attached hydrogens (tertiary/aromatic N) is 2. The minimum absolute atomic E-state index is 0.0620. The number of hydrogen-bond donors (Lipinski definition) is 0. The van der Waals surface area contributed by atoms with Gasteiger partial charge in [0.05, 0.1) is 0 Å². The minimum Gasteiger partial charge on any atom is -0.481 e. The number of halogens is 2. The number of pyridine rings is 1. The summed E-state index contributed by atoms with van der Waals surface area (Å²) in [6.45, 7) is 6.03. The van der Waals surface area contributed by atoms with Gasteiger partial charge >= 0.3 is 0 Å². The molecule has 6 heteroatoms. The topological polar surface area (TPSA) is 42.4 Å². The molecule has 1 heterocycles. The van der Waals surface area contributed by atoms with Crippen molar-refractivity contribution in [3.63, 3.8) is 0 Å². The predicted octanol–water partition coefficient (Wildman–Crippen LogP) is 4.48. The van der Waals surface area contributed by atoms with Crippen LogP contribution in [0.2, 0.25) is 0 Å². The smallest absolute Gasteiger partial charge is 0.260 e. The largest absolute Gasteiger partial charge is 0.481 e. The van der Waals surface area contributed by atoms with E-state index in [1.54, 1.807) is 24.2 Å². The van der Waals surface area contributed by atoms with Crippen molar-refractivity contribution in [2.45, 2.75) is 33.2 Å². The zero-order valence-corrected chi connectivity index (χ0v) is 17.1. The fraction of sp³-hybridized carbons (Fsp3) is 0.400. The van der Waals surface area contributed by atoms with Crippen LogP contribution in [0.25, 0.3) is 0 Å². The molecular formula is C20H24BrFN2O2. The maximum absolute atomic E-state index is 13.8. The van der Waals surface area contributed by atoms with Gasteiger partial charge in [0.25, 0.3) is 5.91 Å². The first-order chi connectivity index (χ1) is 12.2. The molecule has 26 heavy (non-hydrogen) atoms. The van der Waals surface area contributed by atoms with Crippen LogP contribution in [-0.4, -0.2) is 35.5 Å². The van der Waals surface area contributed by atoms with Crippen molar-refractivity contribution >= 4 is 21.8 Å². The Morgan fingerprint density at radius 1 is 1.31 bits per heavy atom. The summed E-state index contributed by atoms with van der Waals surface area (Å²) >= 11 is 3.20. The lowest BCUT2D eigenvalue weighted by Gasteiger charge is -2.38. The van der Waals surface area contributed by atoms with E-state index in [0.29, 0.717) is 10.9 Å². The van der Waals surface area contributed by atoms with Crippen LogP contribution < -0.4 is 4.74 Å². The molecule has 0 saturated carbocycles. The first-order valence-electron chi connectivity index (χ1n) is 8.42. The second-order valence-electron chi connectivity index (χ2n) is 7.28. The molecule has 1 amide bonds. The van der Waals surface area contributed by atoms with Crippen molar-refractivity contribution in [3.8, 4) is 5.75 Å². The average Bonchev–Trinajstić information content (AvgIpc) is 2.58. The summed E-state index contributed by atoms with van der Waals surface area (Å²) in [7, 11) is 1.75. The molecule has 1 aromatic heterocycles. The molecule has 0 saturated heterocycles. The van der Waals surface area contributed by atoms with Gasteiger partial charge in [0.2, 0.25) is 0 Å². The zero-order valence-electron chi connectivity index (χ0n) is 15.5. The number of carbonyl (C=O) groups excluding carboxylic acids is 1. The molecule has 2 rings (SSSR count). The number of hydrogen-bond acceptors (Lipinski definition) is 3. The molecule has 0 spiro atoms. The number of aromatic nitrogens is 1. The standard InChI is InChI=1S/C20H24BrFN2O2/c1-20(2,3)18(12-15-7-5-6-10-23-15)24(4)19(25)13-26-17-9-8-14(21)11-16(17)22/h5-11,18H,12-13H2,1-4H3. The highest BCUT2D eigenvalue weighted by molar-refractivity contribution is 9.10. The van der Waals surface area contributed by atoms with Crippen LogP contribution in [0.15, 0.2) is 47.1 Å². The van der Waals surface area contributed by atoms with Crippen LogP contribution in [0.5, 0.6) is 5.75 Å². The Morgan fingerprint density at radius 3 is 2.62 bits per heavy atom. The first kappa shape index (κ1) is 20.4. The van der Waals surface area contributed by atoms with E-state index < -0.39 is 5.82 Å². The van der Waals surface area contributed by atoms with Crippen molar-refractivity contribution < 1.29 is 13.9 Å². The summed E-state index contributed by atoms with van der Waals surface area (Å²) in [6, 6.07) is 10.2. The summed E-state index contributed by atoms with van der Waals surface area (Å²) in [6.07, 6.45) is 2.38. The molecular weight excluding hydrogens is 399 g/mol. The molecule has 0 N–H and O–H groups in total. The van der Waals surface area contributed by atoms with Gasteiger partial charge in [0, 0.05) is 35.9 Å². The van der Waals surface area contributed by atoms with Crippen molar-refractivity contribution in [2.75, 3.05) is 13.7 Å². The lowest BCUT2D eigenvalue weighted by Crippen LogP contribution is -2.48. The zero-order chi connectivity index (χ0) is 19.3. The lowest BCUT2D eigenvalue weighted by atomic mass is 9.83. The van der Waals surface area contributed by atoms with Gasteiger partial charge in [-0.1, -0.05) is 42.8 Å². The third kappa shape index (κ3) is 5.53. The predicted molar refractivity (Wildman–Crippen MR) is 104 cm³/mol. The van der Waals surface area contributed by atoms with E-state index in [1.807, 2.05) is 18.2 Å². The Hall–Kier alpha value is -1.95. The van der Waals surface area contributed by atoms with E-state index in [9.17, 15) is 9.18 Å². The van der Waals surface area contributed by atoms with Gasteiger partial charge in [0.1, 0.15) is 0 Å². The van der Waals surface area contributed by atoms with E-state index in [4.69, 9.17) is 4.74 Å². The maximum atomic E-state index is 13.8. The normalized spacial score (nSPS) is 12.5. The summed E-state index contributed by atoms with van der Waals surface area (Å²) in [5.41, 5.74) is 0.775. The Kier molecular flexibility index (Phi) is 6.75. The van der Waals surface area contributed by atoms with E-state index in [-0.39, 0.29) is 29.7 Å². The summed E-state index contributed by atoms with van der Waals surface area (Å²) < 4.78 is 19.9. The second-order valence-corrected chi connectivity index (χ2v) is 8.19. The Labute approximate surface area is 162 Å². The molecule has 1 atom stereocenters. The van der Waals surface area contributed by atoms with Crippen LogP contribution in [0.1, 0.15) is 26.5 Å². The van der Waals surface area contributed by atoms with Crippen molar-refractivity contribution in [2.24, 2.45) is 5.41 Å². The molecule has 1 unspecified atom stereocenters. The maximum Gasteiger partial charge on any atom is 0.260 e. The van der Waals surface area contributed by atoms with E-state index in [0.717, 1.165) is 5.69 Å². The van der Waals surface area contributed by atoms with Crippen LogP contribution >= 0.6 is 15.9 Å². The van der Waals surface area contributed by atoms with Crippen LogP contribution in [0.4, 0.5) is 4.39 Å². The SMILES string of the molecule is CN(C(=O)COc1ccc(Br)cc1F)C(Cc1ccccn1)C(C)(C)C. The summed E-state index contributed by atoms with van der Waals surface area (Å²) in [5.74, 6) is -0.647. The fourth-order valence-corrected chi connectivity index (χ4v) is 3.08. The van der Waals surface area contributed by atoms with Crippen LogP contribution in [0, 0.1) is 11.2 Å². The second kappa shape index (κ2) is 8.62. The van der Waals surface area contributed by atoms with Crippen LogP contribution in [-0.2, 0) is 11.2 Å². The molecule has 0 fully saturated rings. The number of rotatable bonds is 6. The monoisotopic (exact) mass is 422 g/mol. The highest BCUT2D eigenvalue weighted by Gasteiger charge is 2.31. The minimum atomic E-state index is -0.504. The quantitative estimate of drug-likeness (QED) is 0.688. The van der Waals surface area contributed by atoms with Gasteiger partial charge in [0.15, 0.2) is 18.2 Å². The number of ether oxygens (including phenoxy) is 1.